The molecular formula is C35H47N3O5. The Balaban J connectivity index is 1.32. The highest BCUT2D eigenvalue weighted by Crippen LogP contribution is 2.46. The Morgan fingerprint density at radius 3 is 2.37 bits per heavy atom. The van der Waals surface area contributed by atoms with E-state index in [1.54, 1.807) is 0 Å². The third-order valence-electron chi connectivity index (χ3n) is 8.54. The molecule has 2 unspecified atom stereocenters. The molecule has 0 saturated heterocycles. The average Bonchev–Trinajstić information content (AvgIpc) is 2.95. The van der Waals surface area contributed by atoms with E-state index in [-0.39, 0.29) is 41.6 Å². The zero-order chi connectivity index (χ0) is 31.0. The minimum Gasteiger partial charge on any atom is -0.466 e. The van der Waals surface area contributed by atoms with Gasteiger partial charge in [-0.2, -0.15) is 0 Å². The molecule has 1 heterocycles. The lowest BCUT2D eigenvalue weighted by Crippen LogP contribution is -2.42. The van der Waals surface area contributed by atoms with Crippen LogP contribution in [0.2, 0.25) is 0 Å². The van der Waals surface area contributed by atoms with Crippen LogP contribution >= 0.6 is 0 Å². The maximum atomic E-state index is 13.4. The predicted octanol–water partition coefficient (Wildman–Crippen LogP) is 6.34. The number of carbonyl (C=O) groups excluding carboxylic acids is 3. The monoisotopic (exact) mass is 589 g/mol. The quantitative estimate of drug-likeness (QED) is 0.217. The molecule has 1 saturated carbocycles. The molecule has 1 fully saturated rings. The summed E-state index contributed by atoms with van der Waals surface area (Å²) in [6.07, 6.45) is 6.21. The third kappa shape index (κ3) is 8.46. The van der Waals surface area contributed by atoms with Crippen LogP contribution in [0.4, 0.5) is 0 Å². The number of nitrogens with zero attached hydrogens (tertiary/aromatic N) is 2. The molecule has 2 aromatic carbocycles. The van der Waals surface area contributed by atoms with E-state index in [1.807, 2.05) is 75.4 Å². The zero-order valence-corrected chi connectivity index (χ0v) is 26.4. The highest BCUT2D eigenvalue weighted by molar-refractivity contribution is 5.97. The second kappa shape index (κ2) is 14.2. The van der Waals surface area contributed by atoms with Crippen LogP contribution < -0.4 is 5.32 Å². The number of rotatable bonds is 13. The lowest BCUT2D eigenvalue weighted by atomic mass is 9.66. The fraction of sp³-hybridized carbons (Fsp3) is 0.543. The summed E-state index contributed by atoms with van der Waals surface area (Å²) in [5.74, 6) is 0.0691. The summed E-state index contributed by atoms with van der Waals surface area (Å²) >= 11 is 0. The summed E-state index contributed by atoms with van der Waals surface area (Å²) < 4.78 is 11.3. The summed E-state index contributed by atoms with van der Waals surface area (Å²) in [4.78, 5) is 38.7. The Labute approximate surface area is 256 Å². The van der Waals surface area contributed by atoms with Crippen molar-refractivity contribution in [1.82, 2.24) is 10.3 Å². The number of esters is 1. The van der Waals surface area contributed by atoms with E-state index in [4.69, 9.17) is 9.47 Å². The van der Waals surface area contributed by atoms with E-state index >= 15 is 0 Å². The van der Waals surface area contributed by atoms with Gasteiger partial charge in [-0.25, -0.2) is 5.01 Å². The average molecular weight is 590 g/mol. The van der Waals surface area contributed by atoms with E-state index in [2.05, 4.69) is 24.3 Å². The first kappa shape index (κ1) is 32.2. The Kier molecular flexibility index (Phi) is 10.6. The molecule has 232 valence electrons. The molecule has 2 aromatic rings. The van der Waals surface area contributed by atoms with Crippen LogP contribution in [0.3, 0.4) is 0 Å². The van der Waals surface area contributed by atoms with Gasteiger partial charge in [-0.3, -0.25) is 14.4 Å². The minimum atomic E-state index is -0.476. The summed E-state index contributed by atoms with van der Waals surface area (Å²) in [6, 6.07) is 17.4. The Hall–Kier alpha value is -3.68. The number of ether oxygens (including phenoxy) is 2. The van der Waals surface area contributed by atoms with Gasteiger partial charge in [0.05, 0.1) is 17.9 Å². The molecule has 8 heteroatoms. The second-order valence-electron chi connectivity index (χ2n) is 13.0. The molecule has 0 radical (unpaired) electrons. The van der Waals surface area contributed by atoms with Crippen molar-refractivity contribution in [1.29, 1.82) is 0 Å². The number of hydrogen-bond acceptors (Lipinski definition) is 6. The van der Waals surface area contributed by atoms with Crippen molar-refractivity contribution in [3.8, 4) is 0 Å². The number of amides is 2. The topological polar surface area (TPSA) is 97.3 Å². The molecule has 0 spiro atoms. The normalized spacial score (nSPS) is 17.7. The zero-order valence-electron chi connectivity index (χ0n) is 26.4. The van der Waals surface area contributed by atoms with Gasteiger partial charge in [0.15, 0.2) is 6.61 Å². The van der Waals surface area contributed by atoms with Crippen molar-refractivity contribution >= 4 is 23.7 Å². The standard InChI is InChI=1S/C35H47N3O5/c1-6-25(2)30(31(40)36-22-11-10-19-35(20-12-21-35)33(41)43-34(3,4)5)27-17-15-26(16-18-27)23-38-29(39)24-42-32(37-38)28-13-8-7-9-14-28/h7-9,13-18,25,30H,6,10-12,19-24H2,1-5H3,(H,36,40). The summed E-state index contributed by atoms with van der Waals surface area (Å²) in [5.41, 5.74) is 1.88. The number of carbonyl (C=O) groups is 3. The Bertz CT molecular complexity index is 1280. The molecule has 2 aliphatic rings. The number of nitrogens with one attached hydrogen (secondary N) is 1. The van der Waals surface area contributed by atoms with Crippen molar-refractivity contribution in [3.05, 3.63) is 71.3 Å². The Morgan fingerprint density at radius 2 is 1.77 bits per heavy atom. The maximum absolute atomic E-state index is 13.4. The van der Waals surface area contributed by atoms with Crippen molar-refractivity contribution < 1.29 is 23.9 Å². The van der Waals surface area contributed by atoms with Gasteiger partial charge in [-0.15, -0.1) is 5.10 Å². The number of benzene rings is 2. The third-order valence-corrected chi connectivity index (χ3v) is 8.54. The first-order valence-electron chi connectivity index (χ1n) is 15.7. The van der Waals surface area contributed by atoms with Crippen molar-refractivity contribution in [2.45, 2.75) is 97.6 Å². The van der Waals surface area contributed by atoms with Crippen LogP contribution in [-0.4, -0.2) is 47.4 Å². The van der Waals surface area contributed by atoms with Crippen molar-refractivity contribution in [3.63, 3.8) is 0 Å². The second-order valence-corrected chi connectivity index (χ2v) is 13.0. The lowest BCUT2D eigenvalue weighted by molar-refractivity contribution is -0.174. The SMILES string of the molecule is CCC(C)C(C(=O)NCCCCC1(C(=O)OC(C)(C)C)CCC1)c1ccc(CN2N=C(c3ccccc3)OCC2=O)cc1. The van der Waals surface area contributed by atoms with Gasteiger partial charge >= 0.3 is 5.97 Å². The van der Waals surface area contributed by atoms with Crippen LogP contribution in [-0.2, 0) is 30.4 Å². The smallest absolute Gasteiger partial charge is 0.312 e. The molecular weight excluding hydrogens is 542 g/mol. The number of unbranched alkanes of at least 4 members (excludes halogenated alkanes) is 1. The number of hydrazone groups is 1. The molecule has 0 bridgehead atoms. The van der Waals surface area contributed by atoms with Crippen LogP contribution in [0.5, 0.6) is 0 Å². The minimum absolute atomic E-state index is 0.0214. The lowest BCUT2D eigenvalue weighted by Gasteiger charge is -2.41. The van der Waals surface area contributed by atoms with Gasteiger partial charge in [-0.1, -0.05) is 75.6 Å². The van der Waals surface area contributed by atoms with Gasteiger partial charge in [0.1, 0.15) is 5.60 Å². The van der Waals surface area contributed by atoms with Crippen molar-refractivity contribution in [2.75, 3.05) is 13.2 Å². The van der Waals surface area contributed by atoms with Crippen LogP contribution in [0.25, 0.3) is 0 Å². The molecule has 1 N–H and O–H groups in total. The maximum Gasteiger partial charge on any atom is 0.312 e. The van der Waals surface area contributed by atoms with E-state index in [0.717, 1.165) is 61.6 Å². The predicted molar refractivity (Wildman–Crippen MR) is 167 cm³/mol. The molecule has 1 aliphatic heterocycles. The molecule has 43 heavy (non-hydrogen) atoms. The first-order chi connectivity index (χ1) is 20.5. The van der Waals surface area contributed by atoms with Gasteiger partial charge in [0.2, 0.25) is 11.8 Å². The largest absolute Gasteiger partial charge is 0.466 e. The summed E-state index contributed by atoms with van der Waals surface area (Å²) in [7, 11) is 0. The van der Waals surface area contributed by atoms with E-state index in [9.17, 15) is 14.4 Å². The molecule has 8 nitrogen and oxygen atoms in total. The molecule has 2 amide bonds. The molecule has 1 aliphatic carbocycles. The molecule has 4 rings (SSSR count). The van der Waals surface area contributed by atoms with E-state index < -0.39 is 5.60 Å². The highest BCUT2D eigenvalue weighted by atomic mass is 16.6. The highest BCUT2D eigenvalue weighted by Gasteiger charge is 2.46. The van der Waals surface area contributed by atoms with Gasteiger partial charge in [-0.05, 0) is 75.6 Å². The number of hydrogen-bond donors (Lipinski definition) is 1. The fourth-order valence-corrected chi connectivity index (χ4v) is 5.68. The first-order valence-corrected chi connectivity index (χ1v) is 15.7. The van der Waals surface area contributed by atoms with Crippen LogP contribution in [0.15, 0.2) is 59.7 Å². The van der Waals surface area contributed by atoms with Gasteiger partial charge < -0.3 is 14.8 Å². The van der Waals surface area contributed by atoms with Gasteiger partial charge in [0, 0.05) is 12.1 Å². The van der Waals surface area contributed by atoms with Crippen LogP contribution in [0.1, 0.15) is 102 Å². The Morgan fingerprint density at radius 1 is 1.07 bits per heavy atom. The van der Waals surface area contributed by atoms with Crippen molar-refractivity contribution in [2.24, 2.45) is 16.4 Å². The molecule has 0 aromatic heterocycles. The van der Waals surface area contributed by atoms with Crippen LogP contribution in [0, 0.1) is 11.3 Å². The fourth-order valence-electron chi connectivity index (χ4n) is 5.68. The summed E-state index contributed by atoms with van der Waals surface area (Å²) in [6.45, 7) is 10.8. The van der Waals surface area contributed by atoms with Gasteiger partial charge in [0.25, 0.3) is 5.91 Å². The van der Waals surface area contributed by atoms with E-state index in [1.165, 1.54) is 5.01 Å². The summed E-state index contributed by atoms with van der Waals surface area (Å²) in [5, 5.41) is 9.04. The molecule has 2 atom stereocenters. The van der Waals surface area contributed by atoms with E-state index in [0.29, 0.717) is 19.0 Å².